The van der Waals surface area contributed by atoms with Crippen LogP contribution in [0.1, 0.15) is 82.1 Å². The fraction of sp³-hybridized carbons (Fsp3) is 0.704. The van der Waals surface area contributed by atoms with Crippen molar-refractivity contribution in [3.8, 4) is 11.5 Å². The standard InChI is InChI=1S/C27H37F3N2O8/c1-16-23(40-18-8-4-5-9-18)21(37-15-7-13-27(28,29)30)11-6-10-19(26(35)38-16)32-25(34)22-24(39-17(2)33)20(36-3)12-14-31-22/h12,14,16,18-19,21,23H,4-11,13,15H2,1-3H3,(H,32,34)/t16-,19-,21-,23-/m0/s1. The normalized spacial score (nSPS) is 24.4. The van der Waals surface area contributed by atoms with Crippen LogP contribution in [-0.4, -0.2) is 73.2 Å². The summed E-state index contributed by atoms with van der Waals surface area (Å²) < 4.78 is 66.1. The highest BCUT2D eigenvalue weighted by atomic mass is 19.4. The molecule has 0 radical (unpaired) electrons. The van der Waals surface area contributed by atoms with Crippen LogP contribution in [0, 0.1) is 0 Å². The Bertz CT molecular complexity index is 1020. The Morgan fingerprint density at radius 2 is 1.88 bits per heavy atom. The number of nitrogens with one attached hydrogen (secondary N) is 1. The van der Waals surface area contributed by atoms with Gasteiger partial charge in [0.1, 0.15) is 18.2 Å². The van der Waals surface area contributed by atoms with Gasteiger partial charge < -0.3 is 29.0 Å². The van der Waals surface area contributed by atoms with Gasteiger partial charge in [-0.2, -0.15) is 13.2 Å². The number of methoxy groups -OCH3 is 1. The molecule has 0 aromatic carbocycles. The summed E-state index contributed by atoms with van der Waals surface area (Å²) in [6.45, 7) is 2.70. The Hall–Kier alpha value is -2.93. The first kappa shape index (κ1) is 31.6. The van der Waals surface area contributed by atoms with Gasteiger partial charge in [0.2, 0.25) is 5.75 Å². The van der Waals surface area contributed by atoms with E-state index in [2.05, 4.69) is 10.3 Å². The van der Waals surface area contributed by atoms with Gasteiger partial charge in [-0.05, 0) is 45.4 Å². The highest BCUT2D eigenvalue weighted by molar-refractivity contribution is 5.98. The molecule has 0 bridgehead atoms. The van der Waals surface area contributed by atoms with Gasteiger partial charge in [0.05, 0.1) is 19.3 Å². The lowest BCUT2D eigenvalue weighted by Crippen LogP contribution is -2.46. The third-order valence-electron chi connectivity index (χ3n) is 6.84. The monoisotopic (exact) mass is 574 g/mol. The van der Waals surface area contributed by atoms with Crippen molar-refractivity contribution in [3.05, 3.63) is 18.0 Å². The summed E-state index contributed by atoms with van der Waals surface area (Å²) in [6.07, 6.45) is -1.60. The summed E-state index contributed by atoms with van der Waals surface area (Å²) in [5, 5.41) is 2.61. The van der Waals surface area contributed by atoms with Gasteiger partial charge in [0, 0.05) is 32.2 Å². The summed E-state index contributed by atoms with van der Waals surface area (Å²) in [6, 6.07) is 0.355. The Morgan fingerprint density at radius 3 is 2.52 bits per heavy atom. The van der Waals surface area contributed by atoms with Crippen molar-refractivity contribution >= 4 is 17.8 Å². The maximum atomic E-state index is 13.2. The van der Waals surface area contributed by atoms with Crippen LogP contribution in [0.5, 0.6) is 11.5 Å². The summed E-state index contributed by atoms with van der Waals surface area (Å²) in [7, 11) is 1.34. The van der Waals surface area contributed by atoms with Crippen LogP contribution < -0.4 is 14.8 Å². The van der Waals surface area contributed by atoms with Crippen molar-refractivity contribution in [2.45, 2.75) is 108 Å². The minimum absolute atomic E-state index is 0.0532. The maximum Gasteiger partial charge on any atom is 0.389 e. The molecule has 1 amide bonds. The van der Waals surface area contributed by atoms with Crippen molar-refractivity contribution in [1.82, 2.24) is 10.3 Å². The van der Waals surface area contributed by atoms with Crippen molar-refractivity contribution < 1.29 is 51.2 Å². The van der Waals surface area contributed by atoms with E-state index in [0.717, 1.165) is 32.6 Å². The molecular formula is C27H37F3N2O8. The van der Waals surface area contributed by atoms with Crippen LogP contribution in [-0.2, 0) is 23.8 Å². The van der Waals surface area contributed by atoms with Gasteiger partial charge in [-0.25, -0.2) is 9.78 Å². The molecule has 1 saturated heterocycles. The Kier molecular flexibility index (Phi) is 11.6. The van der Waals surface area contributed by atoms with Crippen molar-refractivity contribution in [2.75, 3.05) is 13.7 Å². The van der Waals surface area contributed by atoms with Crippen molar-refractivity contribution in [3.63, 3.8) is 0 Å². The molecule has 1 aliphatic heterocycles. The number of aromatic nitrogens is 1. The fourth-order valence-corrected chi connectivity index (χ4v) is 4.92. The smallest absolute Gasteiger partial charge is 0.389 e. The largest absolute Gasteiger partial charge is 0.493 e. The van der Waals surface area contributed by atoms with Crippen LogP contribution in [0.3, 0.4) is 0 Å². The molecule has 2 heterocycles. The lowest BCUT2D eigenvalue weighted by Gasteiger charge is -2.33. The number of pyridine rings is 1. The van der Waals surface area contributed by atoms with Gasteiger partial charge in [-0.1, -0.05) is 12.8 Å². The lowest BCUT2D eigenvalue weighted by atomic mass is 10.0. The van der Waals surface area contributed by atoms with Gasteiger partial charge in [-0.15, -0.1) is 0 Å². The number of alkyl halides is 3. The molecule has 10 nitrogen and oxygen atoms in total. The topological polar surface area (TPSA) is 122 Å². The Morgan fingerprint density at radius 1 is 1.15 bits per heavy atom. The molecular weight excluding hydrogens is 537 g/mol. The molecule has 1 aliphatic carbocycles. The first-order valence-electron chi connectivity index (χ1n) is 13.5. The van der Waals surface area contributed by atoms with Crippen LogP contribution in [0.15, 0.2) is 12.3 Å². The number of rotatable bonds is 10. The molecule has 3 rings (SSSR count). The van der Waals surface area contributed by atoms with Gasteiger partial charge in [-0.3, -0.25) is 9.59 Å². The summed E-state index contributed by atoms with van der Waals surface area (Å²) >= 11 is 0. The summed E-state index contributed by atoms with van der Waals surface area (Å²) in [5.74, 6) is -2.24. The molecule has 1 aromatic rings. The third-order valence-corrected chi connectivity index (χ3v) is 6.84. The van der Waals surface area contributed by atoms with E-state index >= 15 is 0 Å². The number of halogens is 3. The number of amides is 1. The molecule has 1 aromatic heterocycles. The summed E-state index contributed by atoms with van der Waals surface area (Å²) in [5.41, 5.74) is -0.247. The van der Waals surface area contributed by atoms with E-state index in [4.69, 9.17) is 23.7 Å². The van der Waals surface area contributed by atoms with E-state index in [-0.39, 0.29) is 42.7 Å². The molecule has 13 heteroatoms. The zero-order valence-corrected chi connectivity index (χ0v) is 23.0. The minimum Gasteiger partial charge on any atom is -0.493 e. The molecule has 0 spiro atoms. The van der Waals surface area contributed by atoms with Gasteiger partial charge in [0.25, 0.3) is 5.91 Å². The Labute approximate surface area is 231 Å². The Balaban J connectivity index is 1.75. The van der Waals surface area contributed by atoms with Crippen LogP contribution in [0.4, 0.5) is 13.2 Å². The van der Waals surface area contributed by atoms with E-state index in [1.807, 2.05) is 0 Å². The molecule has 1 N–H and O–H groups in total. The van der Waals surface area contributed by atoms with E-state index in [1.165, 1.54) is 19.4 Å². The highest BCUT2D eigenvalue weighted by Gasteiger charge is 2.38. The molecule has 224 valence electrons. The second-order valence-electron chi connectivity index (χ2n) is 10.0. The number of ether oxygens (including phenoxy) is 5. The van der Waals surface area contributed by atoms with Crippen molar-refractivity contribution in [1.29, 1.82) is 0 Å². The number of carbonyl (C=O) groups excluding carboxylic acids is 3. The molecule has 2 fully saturated rings. The number of cyclic esters (lactones) is 1. The lowest BCUT2D eigenvalue weighted by molar-refractivity contribution is -0.177. The molecule has 2 aliphatic rings. The highest BCUT2D eigenvalue weighted by Crippen LogP contribution is 2.31. The predicted octanol–water partition coefficient (Wildman–Crippen LogP) is 4.29. The first-order chi connectivity index (χ1) is 19.0. The molecule has 1 saturated carbocycles. The van der Waals surface area contributed by atoms with Gasteiger partial charge in [0.15, 0.2) is 11.4 Å². The van der Waals surface area contributed by atoms with Crippen LogP contribution in [0.2, 0.25) is 0 Å². The van der Waals surface area contributed by atoms with Crippen LogP contribution >= 0.6 is 0 Å². The number of hydrogen-bond acceptors (Lipinski definition) is 9. The molecule has 40 heavy (non-hydrogen) atoms. The van der Waals surface area contributed by atoms with Crippen LogP contribution in [0.25, 0.3) is 0 Å². The molecule has 0 unspecified atom stereocenters. The average Bonchev–Trinajstić information content (AvgIpc) is 3.41. The van der Waals surface area contributed by atoms with E-state index in [1.54, 1.807) is 6.92 Å². The number of carbonyl (C=O) groups is 3. The van der Waals surface area contributed by atoms with E-state index in [0.29, 0.717) is 12.8 Å². The zero-order chi connectivity index (χ0) is 29.3. The number of nitrogens with zero attached hydrogens (tertiary/aromatic N) is 1. The minimum atomic E-state index is -4.28. The summed E-state index contributed by atoms with van der Waals surface area (Å²) in [4.78, 5) is 41.9. The predicted molar refractivity (Wildman–Crippen MR) is 135 cm³/mol. The molecule has 4 atom stereocenters. The SMILES string of the molecule is COc1ccnc(C(=O)N[C@H]2CCC[C@H](OCCCC(F)(F)F)[C@@H](OC3CCCC3)[C@H](C)OC2=O)c1OC(C)=O. The quantitative estimate of drug-likeness (QED) is 0.322. The maximum absolute atomic E-state index is 13.2. The van der Waals surface area contributed by atoms with Gasteiger partial charge >= 0.3 is 18.1 Å². The van der Waals surface area contributed by atoms with E-state index in [9.17, 15) is 27.6 Å². The first-order valence-corrected chi connectivity index (χ1v) is 13.5. The number of esters is 2. The average molecular weight is 575 g/mol. The zero-order valence-electron chi connectivity index (χ0n) is 23.0. The number of hydrogen-bond donors (Lipinski definition) is 1. The van der Waals surface area contributed by atoms with E-state index < -0.39 is 54.8 Å². The van der Waals surface area contributed by atoms with Crippen molar-refractivity contribution in [2.24, 2.45) is 0 Å². The second-order valence-corrected chi connectivity index (χ2v) is 10.0. The third kappa shape index (κ3) is 9.33. The fourth-order valence-electron chi connectivity index (χ4n) is 4.92. The second kappa shape index (κ2) is 14.6.